The second kappa shape index (κ2) is 3.82. The molecule has 0 spiro atoms. The average Bonchev–Trinajstić information content (AvgIpc) is 2.31. The second-order valence-corrected chi connectivity index (χ2v) is 3.25. The van der Waals surface area contributed by atoms with Crippen LogP contribution in [0.5, 0.6) is 0 Å². The topological polar surface area (TPSA) is 28.1 Å². The summed E-state index contributed by atoms with van der Waals surface area (Å²) in [5, 5.41) is 8.85. The van der Waals surface area contributed by atoms with Gasteiger partial charge in [0.05, 0.1) is 12.6 Å². The number of hydrogen-bond acceptors (Lipinski definition) is 1. The van der Waals surface area contributed by atoms with Crippen molar-refractivity contribution in [3.8, 4) is 6.07 Å². The van der Waals surface area contributed by atoms with E-state index in [0.29, 0.717) is 0 Å². The van der Waals surface area contributed by atoms with Crippen LogP contribution in [0, 0.1) is 17.9 Å². The number of nitriles is 1. The van der Waals surface area contributed by atoms with Gasteiger partial charge in [0.1, 0.15) is 0 Å². The van der Waals surface area contributed by atoms with E-state index in [9.17, 15) is 0 Å². The molecule has 0 saturated heterocycles. The van der Waals surface area contributed by atoms with E-state index in [1.807, 2.05) is 42.5 Å². The van der Waals surface area contributed by atoms with Crippen LogP contribution in [-0.2, 0) is 6.42 Å². The summed E-state index contributed by atoms with van der Waals surface area (Å²) in [5.41, 5.74) is 3.09. The highest BCUT2D eigenvalue weighted by Gasteiger charge is 2.12. The van der Waals surface area contributed by atoms with E-state index >= 15 is 0 Å². The molecule has 70 valence electrons. The molecule has 0 amide bonds. The summed E-state index contributed by atoms with van der Waals surface area (Å²) in [6.07, 6.45) is 4.72. The maximum atomic E-state index is 8.85. The van der Waals surface area contributed by atoms with Crippen molar-refractivity contribution in [3.63, 3.8) is 0 Å². The van der Waals surface area contributed by atoms with Crippen LogP contribution in [0.1, 0.15) is 11.1 Å². The molecule has 0 unspecified atom stereocenters. The largest absolute Gasteiger partial charge is 0.269 e. The first-order chi connectivity index (χ1) is 7.36. The van der Waals surface area contributed by atoms with Gasteiger partial charge in [-0.3, -0.25) is 0 Å². The third kappa shape index (κ3) is 1.54. The van der Waals surface area contributed by atoms with Crippen LogP contribution in [0.3, 0.4) is 0 Å². The SMILES string of the molecule is [C-]#[N+]C(C#N)=C1C=CCc2ccccc21. The fourth-order valence-corrected chi connectivity index (χ4v) is 1.71. The number of nitrogens with zero attached hydrogens (tertiary/aromatic N) is 2. The number of benzene rings is 1. The second-order valence-electron chi connectivity index (χ2n) is 3.25. The molecular formula is C13H8N2. The molecule has 0 radical (unpaired) electrons. The van der Waals surface area contributed by atoms with Gasteiger partial charge in [0.25, 0.3) is 5.70 Å². The first-order valence-electron chi connectivity index (χ1n) is 4.63. The van der Waals surface area contributed by atoms with Crippen molar-refractivity contribution in [3.05, 3.63) is 64.7 Å². The zero-order chi connectivity index (χ0) is 10.7. The minimum atomic E-state index is 0.165. The van der Waals surface area contributed by atoms with Crippen molar-refractivity contribution >= 4 is 5.57 Å². The minimum absolute atomic E-state index is 0.165. The van der Waals surface area contributed by atoms with Crippen LogP contribution in [0.25, 0.3) is 10.4 Å². The van der Waals surface area contributed by atoms with E-state index in [4.69, 9.17) is 11.8 Å². The Kier molecular flexibility index (Phi) is 2.35. The van der Waals surface area contributed by atoms with Crippen LogP contribution in [0.4, 0.5) is 0 Å². The maximum absolute atomic E-state index is 8.85. The Morgan fingerprint density at radius 1 is 1.40 bits per heavy atom. The first-order valence-corrected chi connectivity index (χ1v) is 4.63. The summed E-state index contributed by atoms with van der Waals surface area (Å²) in [6.45, 7) is 6.95. The van der Waals surface area contributed by atoms with E-state index in [0.717, 1.165) is 17.6 Å². The zero-order valence-corrected chi connectivity index (χ0v) is 8.07. The Balaban J connectivity index is 2.68. The van der Waals surface area contributed by atoms with Crippen LogP contribution in [0.15, 0.2) is 42.1 Å². The Morgan fingerprint density at radius 3 is 2.93 bits per heavy atom. The van der Waals surface area contributed by atoms with E-state index in [2.05, 4.69) is 4.85 Å². The Bertz CT molecular complexity index is 520. The van der Waals surface area contributed by atoms with E-state index < -0.39 is 0 Å². The highest BCUT2D eigenvalue weighted by molar-refractivity contribution is 5.83. The zero-order valence-electron chi connectivity index (χ0n) is 8.07. The summed E-state index contributed by atoms with van der Waals surface area (Å²) >= 11 is 0. The highest BCUT2D eigenvalue weighted by Crippen LogP contribution is 2.28. The molecule has 15 heavy (non-hydrogen) atoms. The van der Waals surface area contributed by atoms with Gasteiger partial charge in [-0.1, -0.05) is 36.4 Å². The maximum Gasteiger partial charge on any atom is 0.269 e. The normalized spacial score (nSPS) is 16.1. The molecule has 2 nitrogen and oxygen atoms in total. The van der Waals surface area contributed by atoms with Gasteiger partial charge in [-0.25, -0.2) is 10.1 Å². The summed E-state index contributed by atoms with van der Waals surface area (Å²) in [7, 11) is 0. The number of rotatable bonds is 0. The monoisotopic (exact) mass is 192 g/mol. The van der Waals surface area contributed by atoms with Gasteiger partial charge in [0.2, 0.25) is 0 Å². The summed E-state index contributed by atoms with van der Waals surface area (Å²) in [6, 6.07) is 9.82. The lowest BCUT2D eigenvalue weighted by Crippen LogP contribution is -1.97. The molecule has 0 fully saturated rings. The molecule has 0 saturated carbocycles. The molecule has 1 aromatic carbocycles. The third-order valence-electron chi connectivity index (χ3n) is 2.40. The standard InChI is InChI=1S/C13H8N2/c1-15-13(9-14)12-8-4-6-10-5-2-3-7-11(10)12/h2-5,7-8H,6H2. The molecule has 0 aliphatic heterocycles. The van der Waals surface area contributed by atoms with Crippen molar-refractivity contribution in [2.24, 2.45) is 0 Å². The molecule has 0 atom stereocenters. The molecule has 0 N–H and O–H groups in total. The van der Waals surface area contributed by atoms with Gasteiger partial charge in [0.15, 0.2) is 0 Å². The number of fused-ring (bicyclic) bond motifs is 1. The van der Waals surface area contributed by atoms with Crippen LogP contribution in [0.2, 0.25) is 0 Å². The van der Waals surface area contributed by atoms with Crippen molar-refractivity contribution in [1.29, 1.82) is 5.26 Å². The van der Waals surface area contributed by atoms with Gasteiger partial charge >= 0.3 is 0 Å². The van der Waals surface area contributed by atoms with Gasteiger partial charge < -0.3 is 0 Å². The minimum Gasteiger partial charge on any atom is -0.226 e. The lowest BCUT2D eigenvalue weighted by molar-refractivity contribution is 1.23. The number of allylic oxidation sites excluding steroid dienone is 4. The van der Waals surface area contributed by atoms with Crippen LogP contribution >= 0.6 is 0 Å². The quantitative estimate of drug-likeness (QED) is 0.458. The van der Waals surface area contributed by atoms with Gasteiger partial charge in [0, 0.05) is 0 Å². The van der Waals surface area contributed by atoms with E-state index in [1.54, 1.807) is 0 Å². The van der Waals surface area contributed by atoms with Crippen molar-refractivity contribution in [1.82, 2.24) is 0 Å². The molecule has 1 aliphatic carbocycles. The predicted molar refractivity (Wildman–Crippen MR) is 58.4 cm³/mol. The average molecular weight is 192 g/mol. The molecule has 0 aromatic heterocycles. The first kappa shape index (κ1) is 9.24. The molecule has 2 rings (SSSR count). The van der Waals surface area contributed by atoms with E-state index in [1.165, 1.54) is 5.56 Å². The van der Waals surface area contributed by atoms with Gasteiger partial charge in [-0.2, -0.15) is 0 Å². The molecule has 0 bridgehead atoms. The summed E-state index contributed by atoms with van der Waals surface area (Å²) in [5.74, 6) is 0. The van der Waals surface area contributed by atoms with E-state index in [-0.39, 0.29) is 5.70 Å². The highest BCUT2D eigenvalue weighted by atomic mass is 14.7. The predicted octanol–water partition coefficient (Wildman–Crippen LogP) is 2.95. The molecular weight excluding hydrogens is 184 g/mol. The summed E-state index contributed by atoms with van der Waals surface area (Å²) in [4.78, 5) is 3.25. The van der Waals surface area contributed by atoms with Gasteiger partial charge in [-0.05, 0) is 23.1 Å². The lowest BCUT2D eigenvalue weighted by Gasteiger charge is -2.13. The third-order valence-corrected chi connectivity index (χ3v) is 2.40. The molecule has 2 heteroatoms. The molecule has 1 aromatic rings. The van der Waals surface area contributed by atoms with Crippen molar-refractivity contribution in [2.45, 2.75) is 6.42 Å². The fourth-order valence-electron chi connectivity index (χ4n) is 1.71. The van der Waals surface area contributed by atoms with Gasteiger partial charge in [-0.15, -0.1) is 0 Å². The number of hydrogen-bond donors (Lipinski definition) is 0. The smallest absolute Gasteiger partial charge is 0.226 e. The van der Waals surface area contributed by atoms with Crippen LogP contribution < -0.4 is 0 Å². The summed E-state index contributed by atoms with van der Waals surface area (Å²) < 4.78 is 0. The molecule has 0 heterocycles. The lowest BCUT2D eigenvalue weighted by atomic mass is 9.91. The fraction of sp³-hybridized carbons (Fsp3) is 0.0769. The Hall–Kier alpha value is -2.32. The Labute approximate surface area is 88.6 Å². The molecule has 1 aliphatic rings. The Morgan fingerprint density at radius 2 is 2.20 bits per heavy atom. The van der Waals surface area contributed by atoms with Crippen LogP contribution in [-0.4, -0.2) is 0 Å². The van der Waals surface area contributed by atoms with Crippen molar-refractivity contribution in [2.75, 3.05) is 0 Å². The van der Waals surface area contributed by atoms with Crippen molar-refractivity contribution < 1.29 is 0 Å².